The van der Waals surface area contributed by atoms with Crippen LogP contribution in [0.1, 0.15) is 17.5 Å². The van der Waals surface area contributed by atoms with Gasteiger partial charge in [0.05, 0.1) is 4.90 Å². The quantitative estimate of drug-likeness (QED) is 0.848. The average molecular weight is 311 g/mol. The Balaban J connectivity index is 2.19. The van der Waals surface area contributed by atoms with E-state index < -0.39 is 10.0 Å². The van der Waals surface area contributed by atoms with Crippen LogP contribution in [0, 0.1) is 0 Å². The SMILES string of the molecule is CN(C)CCCN(C)S(=O)(=O)c1cccc2c1CCNC2. The Labute approximate surface area is 128 Å². The largest absolute Gasteiger partial charge is 0.312 e. The van der Waals surface area contributed by atoms with Crippen LogP contribution in [-0.2, 0) is 23.0 Å². The summed E-state index contributed by atoms with van der Waals surface area (Å²) >= 11 is 0. The first kappa shape index (κ1) is 16.4. The van der Waals surface area contributed by atoms with Crippen LogP contribution in [0.4, 0.5) is 0 Å². The lowest BCUT2D eigenvalue weighted by Crippen LogP contribution is -2.32. The molecule has 0 unspecified atom stereocenters. The second-order valence-electron chi connectivity index (χ2n) is 5.80. The summed E-state index contributed by atoms with van der Waals surface area (Å²) in [5.41, 5.74) is 2.08. The van der Waals surface area contributed by atoms with E-state index in [2.05, 4.69) is 10.2 Å². The Morgan fingerprint density at radius 3 is 2.67 bits per heavy atom. The molecule has 1 aliphatic heterocycles. The third-order valence-corrected chi connectivity index (χ3v) is 5.81. The van der Waals surface area contributed by atoms with Gasteiger partial charge in [-0.3, -0.25) is 0 Å². The Morgan fingerprint density at radius 2 is 1.95 bits per heavy atom. The minimum Gasteiger partial charge on any atom is -0.312 e. The van der Waals surface area contributed by atoms with Crippen molar-refractivity contribution in [2.75, 3.05) is 40.8 Å². The number of nitrogens with zero attached hydrogens (tertiary/aromatic N) is 2. The molecule has 0 spiro atoms. The molecular weight excluding hydrogens is 286 g/mol. The first-order chi connectivity index (χ1) is 9.93. The molecule has 0 fully saturated rings. The van der Waals surface area contributed by atoms with Crippen LogP contribution < -0.4 is 5.32 Å². The molecule has 0 radical (unpaired) electrons. The molecule has 0 aromatic heterocycles. The van der Waals surface area contributed by atoms with Gasteiger partial charge in [-0.2, -0.15) is 0 Å². The van der Waals surface area contributed by atoms with Gasteiger partial charge < -0.3 is 10.2 Å². The van der Waals surface area contributed by atoms with Crippen molar-refractivity contribution in [3.05, 3.63) is 29.3 Å². The van der Waals surface area contributed by atoms with E-state index in [-0.39, 0.29) is 0 Å². The van der Waals surface area contributed by atoms with Crippen LogP contribution in [0.25, 0.3) is 0 Å². The van der Waals surface area contributed by atoms with Crippen LogP contribution in [0.5, 0.6) is 0 Å². The van der Waals surface area contributed by atoms with E-state index in [0.717, 1.165) is 43.6 Å². The minimum atomic E-state index is -3.39. The summed E-state index contributed by atoms with van der Waals surface area (Å²) in [7, 11) is 2.27. The summed E-state index contributed by atoms with van der Waals surface area (Å²) in [4.78, 5) is 2.55. The highest BCUT2D eigenvalue weighted by atomic mass is 32.2. The van der Waals surface area contributed by atoms with Crippen molar-refractivity contribution in [3.8, 4) is 0 Å². The lowest BCUT2D eigenvalue weighted by atomic mass is 10.0. The number of nitrogens with one attached hydrogen (secondary N) is 1. The Morgan fingerprint density at radius 1 is 1.19 bits per heavy atom. The molecule has 1 aromatic carbocycles. The van der Waals surface area contributed by atoms with Crippen LogP contribution in [0.2, 0.25) is 0 Å². The van der Waals surface area contributed by atoms with Crippen LogP contribution in [-0.4, -0.2) is 58.4 Å². The van der Waals surface area contributed by atoms with Gasteiger partial charge in [0.25, 0.3) is 0 Å². The minimum absolute atomic E-state index is 0.480. The Hall–Kier alpha value is -0.950. The first-order valence-corrected chi connectivity index (χ1v) is 8.79. The molecule has 5 nitrogen and oxygen atoms in total. The molecule has 0 amide bonds. The van der Waals surface area contributed by atoms with E-state index >= 15 is 0 Å². The zero-order valence-electron chi connectivity index (χ0n) is 13.1. The molecule has 6 heteroatoms. The van der Waals surface area contributed by atoms with Crippen molar-refractivity contribution in [2.24, 2.45) is 0 Å². The fourth-order valence-corrected chi connectivity index (χ4v) is 4.14. The maximum atomic E-state index is 12.8. The summed E-state index contributed by atoms with van der Waals surface area (Å²) < 4.78 is 27.0. The molecular formula is C15H25N3O2S. The van der Waals surface area contributed by atoms with Gasteiger partial charge in [-0.1, -0.05) is 12.1 Å². The highest BCUT2D eigenvalue weighted by molar-refractivity contribution is 7.89. The van der Waals surface area contributed by atoms with Gasteiger partial charge in [0.15, 0.2) is 0 Å². The molecule has 0 atom stereocenters. The van der Waals surface area contributed by atoms with E-state index in [9.17, 15) is 8.42 Å². The van der Waals surface area contributed by atoms with Gasteiger partial charge in [-0.25, -0.2) is 12.7 Å². The summed E-state index contributed by atoms with van der Waals surface area (Å²) in [6, 6.07) is 5.58. The molecule has 118 valence electrons. The molecule has 0 saturated carbocycles. The van der Waals surface area contributed by atoms with Gasteiger partial charge in [0, 0.05) is 20.1 Å². The molecule has 0 aliphatic carbocycles. The third-order valence-electron chi connectivity index (χ3n) is 3.86. The average Bonchev–Trinajstić information content (AvgIpc) is 2.46. The number of hydrogen-bond acceptors (Lipinski definition) is 4. The monoisotopic (exact) mass is 311 g/mol. The van der Waals surface area contributed by atoms with Crippen molar-refractivity contribution in [2.45, 2.75) is 24.3 Å². The fourth-order valence-electron chi connectivity index (χ4n) is 2.64. The third kappa shape index (κ3) is 3.83. The number of benzene rings is 1. The molecule has 1 heterocycles. The zero-order valence-corrected chi connectivity index (χ0v) is 13.9. The predicted molar refractivity (Wildman–Crippen MR) is 84.8 cm³/mol. The normalized spacial score (nSPS) is 15.5. The summed E-state index contributed by atoms with van der Waals surface area (Å²) in [6.07, 6.45) is 1.61. The molecule has 21 heavy (non-hydrogen) atoms. The number of sulfonamides is 1. The molecule has 0 saturated heterocycles. The lowest BCUT2D eigenvalue weighted by molar-refractivity contribution is 0.370. The van der Waals surface area contributed by atoms with Crippen LogP contribution in [0.3, 0.4) is 0 Å². The maximum absolute atomic E-state index is 12.8. The van der Waals surface area contributed by atoms with Gasteiger partial charge in [0.1, 0.15) is 0 Å². The molecule has 0 bridgehead atoms. The maximum Gasteiger partial charge on any atom is 0.243 e. The summed E-state index contributed by atoms with van der Waals surface area (Å²) in [5, 5.41) is 3.28. The molecule has 1 N–H and O–H groups in total. The number of hydrogen-bond donors (Lipinski definition) is 1. The first-order valence-electron chi connectivity index (χ1n) is 7.35. The van der Waals surface area contributed by atoms with E-state index in [1.165, 1.54) is 4.31 Å². The van der Waals surface area contributed by atoms with Gasteiger partial charge >= 0.3 is 0 Å². The van der Waals surface area contributed by atoms with Crippen LogP contribution >= 0.6 is 0 Å². The smallest absolute Gasteiger partial charge is 0.243 e. The number of fused-ring (bicyclic) bond motifs is 1. The van der Waals surface area contributed by atoms with Gasteiger partial charge in [-0.15, -0.1) is 0 Å². The van der Waals surface area contributed by atoms with Crippen molar-refractivity contribution in [1.29, 1.82) is 0 Å². The second-order valence-corrected chi connectivity index (χ2v) is 7.82. The second kappa shape index (κ2) is 6.87. The van der Waals surface area contributed by atoms with E-state index in [4.69, 9.17) is 0 Å². The van der Waals surface area contributed by atoms with Crippen molar-refractivity contribution in [1.82, 2.24) is 14.5 Å². The Kier molecular flexibility index (Phi) is 5.37. The van der Waals surface area contributed by atoms with Crippen LogP contribution in [0.15, 0.2) is 23.1 Å². The van der Waals surface area contributed by atoms with Gasteiger partial charge in [-0.05, 0) is 57.2 Å². The highest BCUT2D eigenvalue weighted by Crippen LogP contribution is 2.25. The molecule has 1 aliphatic rings. The van der Waals surface area contributed by atoms with E-state index in [1.807, 2.05) is 26.2 Å². The summed E-state index contributed by atoms with van der Waals surface area (Å²) in [5.74, 6) is 0. The Bertz CT molecular complexity index is 585. The fraction of sp³-hybridized carbons (Fsp3) is 0.600. The highest BCUT2D eigenvalue weighted by Gasteiger charge is 2.25. The molecule has 1 aromatic rings. The van der Waals surface area contributed by atoms with Crippen molar-refractivity contribution < 1.29 is 8.42 Å². The standard InChI is InChI=1S/C15H25N3O2S/c1-17(2)10-5-11-18(3)21(19,20)15-7-4-6-13-12-16-9-8-14(13)15/h4,6-7,16H,5,8-12H2,1-3H3. The van der Waals surface area contributed by atoms with E-state index in [0.29, 0.717) is 11.4 Å². The molecule has 2 rings (SSSR count). The summed E-state index contributed by atoms with van der Waals surface area (Å²) in [6.45, 7) is 3.02. The number of rotatable bonds is 6. The predicted octanol–water partition coefficient (Wildman–Crippen LogP) is 0.905. The zero-order chi connectivity index (χ0) is 15.5. The van der Waals surface area contributed by atoms with Crippen molar-refractivity contribution >= 4 is 10.0 Å². The van der Waals surface area contributed by atoms with Crippen molar-refractivity contribution in [3.63, 3.8) is 0 Å². The van der Waals surface area contributed by atoms with E-state index in [1.54, 1.807) is 13.1 Å². The van der Waals surface area contributed by atoms with Gasteiger partial charge in [0.2, 0.25) is 10.0 Å². The lowest BCUT2D eigenvalue weighted by Gasteiger charge is -2.24. The topological polar surface area (TPSA) is 52.7 Å².